The van der Waals surface area contributed by atoms with Crippen molar-refractivity contribution in [2.45, 2.75) is 88.1 Å². The number of nitrogens with one attached hydrogen (secondary N) is 2. The Balaban J connectivity index is 0.000000172. The van der Waals surface area contributed by atoms with E-state index in [9.17, 15) is 29.4 Å². The zero-order chi connectivity index (χ0) is 39.5. The molecule has 0 radical (unpaired) electrons. The molecule has 10 nitrogen and oxygen atoms in total. The Morgan fingerprint density at radius 1 is 0.536 bits per heavy atom. The molecule has 4 aliphatic carbocycles. The molecule has 0 aromatic heterocycles. The van der Waals surface area contributed by atoms with E-state index in [2.05, 4.69) is 59.2 Å². The number of benzene rings is 4. The summed E-state index contributed by atoms with van der Waals surface area (Å²) in [5.74, 6) is -2.90. The monoisotopic (exact) mass is 758 g/mol. The van der Waals surface area contributed by atoms with Crippen LogP contribution in [0.15, 0.2) is 97.1 Å². The van der Waals surface area contributed by atoms with Crippen molar-refractivity contribution < 1.29 is 38.9 Å². The number of carboxylic acids is 2. The molecule has 0 heterocycles. The summed E-state index contributed by atoms with van der Waals surface area (Å²) in [6.07, 6.45) is 4.92. The number of hydrogen-bond donors (Lipinski definition) is 4. The predicted molar refractivity (Wildman–Crippen MR) is 212 cm³/mol. The molecule has 0 spiro atoms. The summed E-state index contributed by atoms with van der Waals surface area (Å²) in [5.41, 5.74) is 7.79. The SMILES string of the molecule is C[C@@]1(NC(=O)OCC2c3ccccc3-c3ccccc32)CCCC[C@@H]1C(=O)O.C[C@]1(NC(=O)OCC2c3ccccc3-c3ccccc32)CCCC[C@H]1C(=O)O. The summed E-state index contributed by atoms with van der Waals surface area (Å²) < 4.78 is 11.2. The highest BCUT2D eigenvalue weighted by atomic mass is 16.6. The highest BCUT2D eigenvalue weighted by molar-refractivity contribution is 5.81. The highest BCUT2D eigenvalue weighted by Crippen LogP contribution is 2.46. The summed E-state index contributed by atoms with van der Waals surface area (Å²) in [5, 5.41) is 24.7. The van der Waals surface area contributed by atoms with Crippen LogP contribution in [0.1, 0.15) is 99.3 Å². The zero-order valence-electron chi connectivity index (χ0n) is 32.0. The lowest BCUT2D eigenvalue weighted by molar-refractivity contribution is -0.147. The molecule has 292 valence electrons. The molecular weight excluding hydrogens is 709 g/mol. The first-order chi connectivity index (χ1) is 27.0. The van der Waals surface area contributed by atoms with Crippen molar-refractivity contribution in [3.63, 3.8) is 0 Å². The third kappa shape index (κ3) is 7.74. The Labute approximate surface area is 327 Å². The molecule has 4 N–H and O–H groups in total. The fourth-order valence-corrected chi connectivity index (χ4v) is 9.49. The molecule has 0 aliphatic heterocycles. The van der Waals surface area contributed by atoms with Gasteiger partial charge in [-0.15, -0.1) is 0 Å². The average molecular weight is 759 g/mol. The molecule has 2 fully saturated rings. The van der Waals surface area contributed by atoms with Crippen LogP contribution in [-0.4, -0.2) is 58.6 Å². The molecule has 4 aromatic rings. The van der Waals surface area contributed by atoms with Crippen molar-refractivity contribution in [3.8, 4) is 22.3 Å². The van der Waals surface area contributed by atoms with Crippen molar-refractivity contribution in [2.24, 2.45) is 11.8 Å². The predicted octanol–water partition coefficient (Wildman–Crippen LogP) is 9.12. The van der Waals surface area contributed by atoms with E-state index >= 15 is 0 Å². The van der Waals surface area contributed by atoms with Crippen LogP contribution in [0.2, 0.25) is 0 Å². The summed E-state index contributed by atoms with van der Waals surface area (Å²) in [4.78, 5) is 48.3. The lowest BCUT2D eigenvalue weighted by atomic mass is 9.74. The van der Waals surface area contributed by atoms with E-state index in [0.29, 0.717) is 25.7 Å². The number of carboxylic acid groups (broad SMARTS) is 2. The van der Waals surface area contributed by atoms with E-state index in [4.69, 9.17) is 9.47 Å². The van der Waals surface area contributed by atoms with E-state index in [1.807, 2.05) is 62.4 Å². The molecule has 56 heavy (non-hydrogen) atoms. The second-order valence-corrected chi connectivity index (χ2v) is 16.0. The van der Waals surface area contributed by atoms with Gasteiger partial charge in [-0.1, -0.05) is 123 Å². The van der Waals surface area contributed by atoms with E-state index in [-0.39, 0.29) is 25.0 Å². The molecule has 10 heteroatoms. The fourth-order valence-electron chi connectivity index (χ4n) is 9.49. The topological polar surface area (TPSA) is 151 Å². The van der Waals surface area contributed by atoms with Crippen molar-refractivity contribution in [2.75, 3.05) is 13.2 Å². The zero-order valence-corrected chi connectivity index (χ0v) is 32.0. The second-order valence-electron chi connectivity index (χ2n) is 16.0. The van der Waals surface area contributed by atoms with Gasteiger partial charge in [-0.25, -0.2) is 9.59 Å². The third-order valence-corrected chi connectivity index (χ3v) is 12.5. The number of fused-ring (bicyclic) bond motifs is 6. The first-order valence-electron chi connectivity index (χ1n) is 19.7. The van der Waals surface area contributed by atoms with Gasteiger partial charge in [-0.05, 0) is 84.0 Å². The lowest BCUT2D eigenvalue weighted by Gasteiger charge is -2.39. The quantitative estimate of drug-likeness (QED) is 0.139. The number of carbonyl (C=O) groups is 4. The van der Waals surface area contributed by atoms with Crippen LogP contribution < -0.4 is 10.6 Å². The van der Waals surface area contributed by atoms with Gasteiger partial charge in [0.15, 0.2) is 0 Å². The van der Waals surface area contributed by atoms with Gasteiger partial charge in [0.1, 0.15) is 13.2 Å². The largest absolute Gasteiger partial charge is 0.481 e. The Morgan fingerprint density at radius 3 is 1.14 bits per heavy atom. The van der Waals surface area contributed by atoms with Crippen molar-refractivity contribution in [1.29, 1.82) is 0 Å². The Morgan fingerprint density at radius 2 is 0.839 bits per heavy atom. The standard InChI is InChI=1S/2C23H25NO4/c2*1-23(13-7-6-12-20(23)21(25)26)24-22(27)28-14-19-17-10-4-2-8-15(17)16-9-3-5-11-18(16)19/h2*2-5,8-11,19-20H,6-7,12-14H2,1H3,(H,24,27)(H,25,26)/t2*20-,23-/m10/s1. The number of hydrogen-bond acceptors (Lipinski definition) is 6. The normalized spacial score (nSPS) is 23.5. The molecule has 0 bridgehead atoms. The van der Waals surface area contributed by atoms with Crippen LogP contribution in [0, 0.1) is 11.8 Å². The molecular formula is C46H50N2O8. The molecule has 2 amide bonds. The van der Waals surface area contributed by atoms with Gasteiger partial charge < -0.3 is 30.3 Å². The summed E-state index contributed by atoms with van der Waals surface area (Å²) >= 11 is 0. The van der Waals surface area contributed by atoms with Crippen molar-refractivity contribution in [1.82, 2.24) is 10.6 Å². The maximum absolute atomic E-state index is 12.5. The van der Waals surface area contributed by atoms with Gasteiger partial charge in [0.05, 0.1) is 22.9 Å². The Hall–Kier alpha value is -5.64. The molecule has 2 saturated carbocycles. The third-order valence-electron chi connectivity index (χ3n) is 12.5. The van der Waals surface area contributed by atoms with Crippen LogP contribution in [0.4, 0.5) is 9.59 Å². The average Bonchev–Trinajstić information content (AvgIpc) is 3.68. The minimum absolute atomic E-state index is 0.00687. The first kappa shape index (κ1) is 38.6. The number of carbonyl (C=O) groups excluding carboxylic acids is 2. The molecule has 4 aromatic carbocycles. The molecule has 4 atom stereocenters. The minimum atomic E-state index is -0.860. The van der Waals surface area contributed by atoms with Gasteiger partial charge in [-0.2, -0.15) is 0 Å². The van der Waals surface area contributed by atoms with E-state index < -0.39 is 47.0 Å². The second kappa shape index (κ2) is 16.2. The minimum Gasteiger partial charge on any atom is -0.481 e. The fraction of sp³-hybridized carbons (Fsp3) is 0.391. The molecule has 8 rings (SSSR count). The van der Waals surface area contributed by atoms with Gasteiger partial charge in [0.25, 0.3) is 0 Å². The van der Waals surface area contributed by atoms with Gasteiger partial charge in [-0.3, -0.25) is 9.59 Å². The highest BCUT2D eigenvalue weighted by Gasteiger charge is 2.44. The van der Waals surface area contributed by atoms with E-state index in [0.717, 1.165) is 47.9 Å². The molecule has 0 unspecified atom stereocenters. The summed E-state index contributed by atoms with van der Waals surface area (Å²) in [6, 6.07) is 32.7. The van der Waals surface area contributed by atoms with Gasteiger partial charge in [0.2, 0.25) is 0 Å². The number of rotatable bonds is 8. The Kier molecular flexibility index (Phi) is 11.2. The number of alkyl carbamates (subject to hydrolysis) is 2. The smallest absolute Gasteiger partial charge is 0.407 e. The number of aliphatic carboxylic acids is 2. The Bertz CT molecular complexity index is 1880. The van der Waals surface area contributed by atoms with Gasteiger partial charge in [0, 0.05) is 11.8 Å². The maximum atomic E-state index is 12.5. The first-order valence-corrected chi connectivity index (χ1v) is 19.7. The van der Waals surface area contributed by atoms with Crippen LogP contribution >= 0.6 is 0 Å². The molecule has 0 saturated heterocycles. The van der Waals surface area contributed by atoms with Crippen LogP contribution in [0.25, 0.3) is 22.3 Å². The lowest BCUT2D eigenvalue weighted by Crippen LogP contribution is -2.55. The van der Waals surface area contributed by atoms with Crippen LogP contribution in [0.3, 0.4) is 0 Å². The maximum Gasteiger partial charge on any atom is 0.407 e. The van der Waals surface area contributed by atoms with Crippen LogP contribution in [-0.2, 0) is 19.1 Å². The summed E-state index contributed by atoms with van der Waals surface area (Å²) in [7, 11) is 0. The van der Waals surface area contributed by atoms with Gasteiger partial charge >= 0.3 is 24.1 Å². The van der Waals surface area contributed by atoms with E-state index in [1.54, 1.807) is 0 Å². The summed E-state index contributed by atoms with van der Waals surface area (Å²) in [6.45, 7) is 4.08. The number of amides is 2. The van der Waals surface area contributed by atoms with Crippen LogP contribution in [0.5, 0.6) is 0 Å². The van der Waals surface area contributed by atoms with E-state index in [1.165, 1.54) is 22.3 Å². The number of ether oxygens (including phenoxy) is 2. The molecule has 4 aliphatic rings. The van der Waals surface area contributed by atoms with Crippen molar-refractivity contribution in [3.05, 3.63) is 119 Å². The van der Waals surface area contributed by atoms with Crippen molar-refractivity contribution >= 4 is 24.1 Å².